The molecule has 3 heteroatoms. The molecular formula is C15H24N2O. The highest BCUT2D eigenvalue weighted by atomic mass is 16.2. The SMILES string of the molecule is CC1(CN2C(=O)C3(CC3)NC2C2CCCC2)CC1. The molecule has 1 atom stereocenters. The van der Waals surface area contributed by atoms with Crippen molar-refractivity contribution in [3.05, 3.63) is 0 Å². The lowest BCUT2D eigenvalue weighted by Gasteiger charge is -2.31. The highest BCUT2D eigenvalue weighted by molar-refractivity contribution is 5.92. The van der Waals surface area contributed by atoms with Gasteiger partial charge in [-0.15, -0.1) is 0 Å². The Balaban J connectivity index is 1.56. The molecule has 4 rings (SSSR count). The number of rotatable bonds is 3. The molecule has 0 aromatic carbocycles. The largest absolute Gasteiger partial charge is 0.325 e. The number of hydrogen-bond donors (Lipinski definition) is 1. The van der Waals surface area contributed by atoms with Crippen LogP contribution in [0.3, 0.4) is 0 Å². The van der Waals surface area contributed by atoms with E-state index in [4.69, 9.17) is 0 Å². The monoisotopic (exact) mass is 248 g/mol. The van der Waals surface area contributed by atoms with Gasteiger partial charge in [0.1, 0.15) is 0 Å². The summed E-state index contributed by atoms with van der Waals surface area (Å²) >= 11 is 0. The standard InChI is InChI=1S/C15H24N2O/c1-14(6-7-14)10-17-12(11-4-2-3-5-11)16-15(8-9-15)13(17)18/h11-12,16H,2-10H2,1H3. The second-order valence-corrected chi connectivity index (χ2v) is 7.46. The van der Waals surface area contributed by atoms with E-state index in [1.807, 2.05) is 0 Å². The van der Waals surface area contributed by atoms with Crippen LogP contribution in [0.25, 0.3) is 0 Å². The predicted molar refractivity (Wildman–Crippen MR) is 69.9 cm³/mol. The van der Waals surface area contributed by atoms with Gasteiger partial charge in [0.2, 0.25) is 5.91 Å². The molecule has 18 heavy (non-hydrogen) atoms. The maximum absolute atomic E-state index is 12.6. The number of carbonyl (C=O) groups is 1. The molecule has 1 N–H and O–H groups in total. The van der Waals surface area contributed by atoms with Crippen molar-refractivity contribution in [2.45, 2.75) is 70.0 Å². The Bertz CT molecular complexity index is 378. The molecule has 1 spiro atoms. The zero-order chi connectivity index (χ0) is 12.4. The van der Waals surface area contributed by atoms with Crippen molar-refractivity contribution in [1.29, 1.82) is 0 Å². The van der Waals surface area contributed by atoms with E-state index in [-0.39, 0.29) is 5.54 Å². The smallest absolute Gasteiger partial charge is 0.244 e. The van der Waals surface area contributed by atoms with Crippen LogP contribution in [0, 0.1) is 11.3 Å². The first kappa shape index (κ1) is 11.3. The summed E-state index contributed by atoms with van der Waals surface area (Å²) in [5, 5.41) is 3.71. The van der Waals surface area contributed by atoms with Gasteiger partial charge in [0.15, 0.2) is 0 Å². The van der Waals surface area contributed by atoms with E-state index in [1.54, 1.807) is 0 Å². The van der Waals surface area contributed by atoms with E-state index in [9.17, 15) is 4.79 Å². The number of nitrogens with one attached hydrogen (secondary N) is 1. The van der Waals surface area contributed by atoms with Gasteiger partial charge in [0, 0.05) is 6.54 Å². The second-order valence-electron chi connectivity index (χ2n) is 7.46. The summed E-state index contributed by atoms with van der Waals surface area (Å²) in [7, 11) is 0. The molecule has 1 saturated heterocycles. The molecule has 100 valence electrons. The summed E-state index contributed by atoms with van der Waals surface area (Å²) < 4.78 is 0. The minimum absolute atomic E-state index is 0.113. The van der Waals surface area contributed by atoms with E-state index >= 15 is 0 Å². The zero-order valence-electron chi connectivity index (χ0n) is 11.4. The fourth-order valence-electron chi connectivity index (χ4n) is 3.91. The highest BCUT2D eigenvalue weighted by Crippen LogP contribution is 2.50. The summed E-state index contributed by atoms with van der Waals surface area (Å²) in [6.45, 7) is 3.34. The molecule has 0 aromatic rings. The van der Waals surface area contributed by atoms with Crippen molar-refractivity contribution in [3.8, 4) is 0 Å². The van der Waals surface area contributed by atoms with E-state index in [0.29, 0.717) is 17.5 Å². The van der Waals surface area contributed by atoms with Gasteiger partial charge in [-0.1, -0.05) is 19.8 Å². The van der Waals surface area contributed by atoms with Crippen LogP contribution in [0.5, 0.6) is 0 Å². The molecule has 3 nitrogen and oxygen atoms in total. The minimum atomic E-state index is -0.113. The molecule has 0 aromatic heterocycles. The summed E-state index contributed by atoms with van der Waals surface area (Å²) in [6, 6.07) is 0. The van der Waals surface area contributed by atoms with Crippen LogP contribution in [0.1, 0.15) is 58.3 Å². The third-order valence-corrected chi connectivity index (χ3v) is 5.68. The molecular weight excluding hydrogens is 224 g/mol. The Kier molecular flexibility index (Phi) is 2.19. The van der Waals surface area contributed by atoms with Gasteiger partial charge in [-0.2, -0.15) is 0 Å². The van der Waals surface area contributed by atoms with Crippen molar-refractivity contribution < 1.29 is 4.79 Å². The van der Waals surface area contributed by atoms with Crippen molar-refractivity contribution in [3.63, 3.8) is 0 Å². The molecule has 4 fully saturated rings. The van der Waals surface area contributed by atoms with E-state index in [1.165, 1.54) is 38.5 Å². The van der Waals surface area contributed by atoms with E-state index in [2.05, 4.69) is 17.1 Å². The highest BCUT2D eigenvalue weighted by Gasteiger charge is 2.61. The van der Waals surface area contributed by atoms with Gasteiger partial charge >= 0.3 is 0 Å². The molecule has 4 aliphatic rings. The topological polar surface area (TPSA) is 32.3 Å². The van der Waals surface area contributed by atoms with Crippen LogP contribution in [-0.2, 0) is 4.79 Å². The van der Waals surface area contributed by atoms with Crippen molar-refractivity contribution in [2.24, 2.45) is 11.3 Å². The molecule has 1 heterocycles. The van der Waals surface area contributed by atoms with Crippen molar-refractivity contribution in [1.82, 2.24) is 10.2 Å². The molecule has 3 saturated carbocycles. The van der Waals surface area contributed by atoms with Crippen LogP contribution >= 0.6 is 0 Å². The first-order valence-electron chi connectivity index (χ1n) is 7.71. The molecule has 3 aliphatic carbocycles. The van der Waals surface area contributed by atoms with Gasteiger partial charge in [0.05, 0.1) is 11.7 Å². The lowest BCUT2D eigenvalue weighted by atomic mass is 10.0. The average Bonchev–Trinajstić information content (AvgIpc) is 3.19. The molecule has 0 radical (unpaired) electrons. The lowest BCUT2D eigenvalue weighted by molar-refractivity contribution is -0.132. The van der Waals surface area contributed by atoms with Crippen LogP contribution in [0.15, 0.2) is 0 Å². The first-order valence-corrected chi connectivity index (χ1v) is 7.71. The van der Waals surface area contributed by atoms with Gasteiger partial charge in [-0.3, -0.25) is 10.1 Å². The third-order valence-electron chi connectivity index (χ3n) is 5.68. The van der Waals surface area contributed by atoms with Gasteiger partial charge in [-0.05, 0) is 49.9 Å². The minimum Gasteiger partial charge on any atom is -0.325 e. The van der Waals surface area contributed by atoms with Crippen molar-refractivity contribution >= 4 is 5.91 Å². The Morgan fingerprint density at radius 3 is 2.44 bits per heavy atom. The molecule has 1 unspecified atom stereocenters. The van der Waals surface area contributed by atoms with Gasteiger partial charge < -0.3 is 4.90 Å². The summed E-state index contributed by atoms with van der Waals surface area (Å²) in [4.78, 5) is 14.9. The Labute approximate surface area is 109 Å². The van der Waals surface area contributed by atoms with E-state index < -0.39 is 0 Å². The zero-order valence-corrected chi connectivity index (χ0v) is 11.4. The molecule has 1 amide bonds. The van der Waals surface area contributed by atoms with Crippen LogP contribution < -0.4 is 5.32 Å². The molecule has 0 bridgehead atoms. The van der Waals surface area contributed by atoms with Gasteiger partial charge in [-0.25, -0.2) is 0 Å². The van der Waals surface area contributed by atoms with Crippen molar-refractivity contribution in [2.75, 3.05) is 6.54 Å². The number of amides is 1. The predicted octanol–water partition coefficient (Wildman–Crippen LogP) is 2.27. The fourth-order valence-corrected chi connectivity index (χ4v) is 3.91. The Morgan fingerprint density at radius 1 is 1.22 bits per heavy atom. The van der Waals surface area contributed by atoms with Crippen LogP contribution in [0.4, 0.5) is 0 Å². The maximum Gasteiger partial charge on any atom is 0.244 e. The normalized spacial score (nSPS) is 36.6. The maximum atomic E-state index is 12.6. The fraction of sp³-hybridized carbons (Fsp3) is 0.933. The number of nitrogens with zero attached hydrogens (tertiary/aromatic N) is 1. The summed E-state index contributed by atoms with van der Waals surface area (Å²) in [5.41, 5.74) is 0.327. The second kappa shape index (κ2) is 3.50. The first-order chi connectivity index (χ1) is 8.62. The molecule has 1 aliphatic heterocycles. The summed E-state index contributed by atoms with van der Waals surface area (Å²) in [6.07, 6.45) is 10.5. The summed E-state index contributed by atoms with van der Waals surface area (Å²) in [5.74, 6) is 1.14. The van der Waals surface area contributed by atoms with Gasteiger partial charge in [0.25, 0.3) is 0 Å². The Morgan fingerprint density at radius 2 is 1.89 bits per heavy atom. The Hall–Kier alpha value is -0.570. The number of carbonyl (C=O) groups excluding carboxylic acids is 1. The van der Waals surface area contributed by atoms with Crippen LogP contribution in [0.2, 0.25) is 0 Å². The lowest BCUT2D eigenvalue weighted by Crippen LogP contribution is -2.44. The van der Waals surface area contributed by atoms with Crippen LogP contribution in [-0.4, -0.2) is 29.1 Å². The number of hydrogen-bond acceptors (Lipinski definition) is 2. The third kappa shape index (κ3) is 1.63. The quantitative estimate of drug-likeness (QED) is 0.831. The average molecular weight is 248 g/mol. The van der Waals surface area contributed by atoms with E-state index in [0.717, 1.165) is 25.3 Å².